The lowest BCUT2D eigenvalue weighted by atomic mass is 10.2. The number of ether oxygens (including phenoxy) is 1. The number of likely N-dealkylation sites (N-methyl/N-ethyl adjacent to an activating group) is 1. The third-order valence-corrected chi connectivity index (χ3v) is 5.28. The molecular weight excluding hydrogens is 324 g/mol. The summed E-state index contributed by atoms with van der Waals surface area (Å²) >= 11 is 1.80. The van der Waals surface area contributed by atoms with E-state index in [1.165, 1.54) is 9.78 Å². The van der Waals surface area contributed by atoms with Gasteiger partial charge in [-0.1, -0.05) is 6.07 Å². The molecule has 0 saturated carbocycles. The van der Waals surface area contributed by atoms with Crippen molar-refractivity contribution in [2.24, 2.45) is 0 Å². The van der Waals surface area contributed by atoms with Gasteiger partial charge in [0.2, 0.25) is 5.91 Å². The average molecular weight is 348 g/mol. The van der Waals surface area contributed by atoms with Crippen LogP contribution in [0.2, 0.25) is 0 Å². The number of hydrogen-bond acceptors (Lipinski definition) is 5. The van der Waals surface area contributed by atoms with Crippen LogP contribution in [0, 0.1) is 0 Å². The van der Waals surface area contributed by atoms with Crippen molar-refractivity contribution < 1.29 is 9.53 Å². The van der Waals surface area contributed by atoms with Gasteiger partial charge in [0.15, 0.2) is 0 Å². The average Bonchev–Trinajstić information content (AvgIpc) is 3.20. The highest BCUT2D eigenvalue weighted by atomic mass is 32.1. The van der Waals surface area contributed by atoms with E-state index in [0.29, 0.717) is 6.61 Å². The molecule has 2 aromatic heterocycles. The number of aromatic nitrogens is 2. The lowest BCUT2D eigenvalue weighted by molar-refractivity contribution is -0.134. The lowest BCUT2D eigenvalue weighted by Gasteiger charge is -2.34. The minimum Gasteiger partial charge on any atom is -0.365 e. The number of thiophene rings is 1. The summed E-state index contributed by atoms with van der Waals surface area (Å²) in [5, 5.41) is 2.12. The largest absolute Gasteiger partial charge is 0.365 e. The van der Waals surface area contributed by atoms with Crippen LogP contribution in [-0.2, 0) is 29.2 Å². The highest BCUT2D eigenvalue weighted by molar-refractivity contribution is 7.09. The maximum Gasteiger partial charge on any atom is 0.248 e. The molecule has 0 saturated heterocycles. The molecule has 130 valence electrons. The summed E-state index contributed by atoms with van der Waals surface area (Å²) in [5.74, 6) is 1.05. The maximum atomic E-state index is 11.6. The zero-order chi connectivity index (χ0) is 17.1. The number of rotatable bonds is 6. The number of carbonyl (C=O) groups excluding carboxylic acids is 1. The molecule has 0 unspecified atom stereocenters. The summed E-state index contributed by atoms with van der Waals surface area (Å²) in [7, 11) is 3.46. The van der Waals surface area contributed by atoms with Crippen molar-refractivity contribution in [2.45, 2.75) is 32.7 Å². The van der Waals surface area contributed by atoms with Gasteiger partial charge in [0.05, 0.1) is 24.5 Å². The predicted octanol–water partition coefficient (Wildman–Crippen LogP) is 2.13. The van der Waals surface area contributed by atoms with E-state index in [1.54, 1.807) is 25.4 Å². The Bertz CT molecular complexity index is 681. The molecule has 6 nitrogen and oxygen atoms in total. The smallest absolute Gasteiger partial charge is 0.248 e. The Morgan fingerprint density at radius 3 is 3.00 bits per heavy atom. The van der Waals surface area contributed by atoms with E-state index >= 15 is 0 Å². The Morgan fingerprint density at radius 2 is 2.29 bits per heavy atom. The summed E-state index contributed by atoms with van der Waals surface area (Å²) in [6.07, 6.45) is 1.88. The second-order valence-corrected chi connectivity index (χ2v) is 7.30. The van der Waals surface area contributed by atoms with Crippen molar-refractivity contribution >= 4 is 17.2 Å². The third-order valence-electron chi connectivity index (χ3n) is 4.41. The fourth-order valence-electron chi connectivity index (χ4n) is 2.91. The van der Waals surface area contributed by atoms with Crippen LogP contribution in [0.15, 0.2) is 23.7 Å². The molecule has 7 heteroatoms. The van der Waals surface area contributed by atoms with Crippen molar-refractivity contribution in [1.82, 2.24) is 19.4 Å². The van der Waals surface area contributed by atoms with Crippen LogP contribution in [0.25, 0.3) is 0 Å². The first-order valence-electron chi connectivity index (χ1n) is 8.15. The van der Waals surface area contributed by atoms with Crippen LogP contribution >= 0.6 is 11.3 Å². The van der Waals surface area contributed by atoms with E-state index in [4.69, 9.17) is 4.74 Å². The van der Waals surface area contributed by atoms with E-state index in [1.807, 2.05) is 6.20 Å². The molecule has 1 atom stereocenters. The normalized spacial score (nSPS) is 17.7. The Balaban J connectivity index is 1.61. The molecule has 2 aromatic rings. The Morgan fingerprint density at radius 1 is 1.46 bits per heavy atom. The Kier molecular flexibility index (Phi) is 5.33. The van der Waals surface area contributed by atoms with E-state index in [-0.39, 0.29) is 18.6 Å². The van der Waals surface area contributed by atoms with E-state index in [0.717, 1.165) is 31.2 Å². The fraction of sp³-hybridized carbons (Fsp3) is 0.529. The van der Waals surface area contributed by atoms with Crippen LogP contribution in [0.3, 0.4) is 0 Å². The van der Waals surface area contributed by atoms with Crippen molar-refractivity contribution in [3.63, 3.8) is 0 Å². The van der Waals surface area contributed by atoms with Crippen molar-refractivity contribution in [2.75, 3.05) is 27.2 Å². The van der Waals surface area contributed by atoms with E-state index < -0.39 is 0 Å². The van der Waals surface area contributed by atoms with Crippen LogP contribution in [0.4, 0.5) is 0 Å². The van der Waals surface area contributed by atoms with Crippen molar-refractivity contribution in [3.05, 3.63) is 40.1 Å². The molecule has 0 bridgehead atoms. The van der Waals surface area contributed by atoms with Gasteiger partial charge in [0.1, 0.15) is 12.4 Å². The van der Waals surface area contributed by atoms with Crippen LogP contribution < -0.4 is 0 Å². The number of nitrogens with zero attached hydrogens (tertiary/aromatic N) is 4. The van der Waals surface area contributed by atoms with Crippen LogP contribution in [0.5, 0.6) is 0 Å². The molecule has 1 aliphatic rings. The molecule has 1 aliphatic heterocycles. The van der Waals surface area contributed by atoms with Gasteiger partial charge in [-0.05, 0) is 18.4 Å². The molecule has 3 rings (SSSR count). The van der Waals surface area contributed by atoms with Gasteiger partial charge in [-0.2, -0.15) is 0 Å². The first kappa shape index (κ1) is 17.1. The molecular formula is C17H24N4O2S. The van der Waals surface area contributed by atoms with Gasteiger partial charge >= 0.3 is 0 Å². The molecule has 24 heavy (non-hydrogen) atoms. The van der Waals surface area contributed by atoms with Gasteiger partial charge in [-0.25, -0.2) is 4.98 Å². The van der Waals surface area contributed by atoms with E-state index in [2.05, 4.69) is 38.9 Å². The minimum atomic E-state index is -0.0242. The summed E-state index contributed by atoms with van der Waals surface area (Å²) in [5.41, 5.74) is 1.04. The number of carbonyl (C=O) groups is 1. The standard InChI is InChI=1S/C17H24N4O2S/c1-13-17-18-9-14(11-23-12-16(22)19(2)3)21(17)7-6-20(13)10-15-5-4-8-24-15/h4-5,8-9,13H,6-7,10-12H2,1-3H3/t13-/m1/s1. The van der Waals surface area contributed by atoms with Crippen molar-refractivity contribution in [3.8, 4) is 0 Å². The molecule has 3 heterocycles. The summed E-state index contributed by atoms with van der Waals surface area (Å²) in [6.45, 7) is 5.59. The molecule has 0 radical (unpaired) electrons. The van der Waals surface area contributed by atoms with Gasteiger partial charge in [0, 0.05) is 38.6 Å². The number of amides is 1. The molecule has 0 aliphatic carbocycles. The SMILES string of the molecule is C[C@@H]1c2ncc(COCC(=O)N(C)C)n2CCN1Cc1cccs1. The second kappa shape index (κ2) is 7.46. The number of hydrogen-bond donors (Lipinski definition) is 0. The molecule has 0 spiro atoms. The summed E-state index contributed by atoms with van der Waals surface area (Å²) < 4.78 is 7.78. The summed E-state index contributed by atoms with van der Waals surface area (Å²) in [4.78, 5) is 21.6. The molecule has 1 amide bonds. The first-order valence-corrected chi connectivity index (χ1v) is 9.03. The highest BCUT2D eigenvalue weighted by Gasteiger charge is 2.27. The summed E-state index contributed by atoms with van der Waals surface area (Å²) in [6, 6.07) is 4.55. The second-order valence-electron chi connectivity index (χ2n) is 6.27. The first-order chi connectivity index (χ1) is 11.6. The fourth-order valence-corrected chi connectivity index (χ4v) is 3.64. The van der Waals surface area contributed by atoms with Crippen molar-refractivity contribution in [1.29, 1.82) is 0 Å². The van der Waals surface area contributed by atoms with Crippen LogP contribution in [0.1, 0.15) is 29.4 Å². The zero-order valence-electron chi connectivity index (χ0n) is 14.4. The third kappa shape index (κ3) is 3.68. The monoisotopic (exact) mass is 348 g/mol. The Hall–Kier alpha value is -1.70. The van der Waals surface area contributed by atoms with Gasteiger partial charge in [-0.3, -0.25) is 9.69 Å². The van der Waals surface area contributed by atoms with Gasteiger partial charge in [0.25, 0.3) is 0 Å². The Labute approximate surface area is 146 Å². The minimum absolute atomic E-state index is 0.0242. The quantitative estimate of drug-likeness (QED) is 0.802. The van der Waals surface area contributed by atoms with Gasteiger partial charge in [-0.15, -0.1) is 11.3 Å². The highest BCUT2D eigenvalue weighted by Crippen LogP contribution is 2.27. The topological polar surface area (TPSA) is 50.6 Å². The maximum absolute atomic E-state index is 11.6. The lowest BCUT2D eigenvalue weighted by Crippen LogP contribution is -2.37. The molecule has 0 N–H and O–H groups in total. The predicted molar refractivity (Wildman–Crippen MR) is 93.7 cm³/mol. The molecule has 0 fully saturated rings. The number of imidazole rings is 1. The number of fused-ring (bicyclic) bond motifs is 1. The molecule has 0 aromatic carbocycles. The van der Waals surface area contributed by atoms with Gasteiger partial charge < -0.3 is 14.2 Å². The zero-order valence-corrected chi connectivity index (χ0v) is 15.3. The van der Waals surface area contributed by atoms with E-state index in [9.17, 15) is 4.79 Å². The van der Waals surface area contributed by atoms with Crippen LogP contribution in [-0.4, -0.2) is 52.5 Å².